The predicted molar refractivity (Wildman–Crippen MR) is 105 cm³/mol. The number of para-hydroxylation sites is 1. The summed E-state index contributed by atoms with van der Waals surface area (Å²) < 4.78 is 37.4. The van der Waals surface area contributed by atoms with E-state index < -0.39 is 10.0 Å². The summed E-state index contributed by atoms with van der Waals surface area (Å²) in [6, 6.07) is 9.12. The second kappa shape index (κ2) is 9.05. The van der Waals surface area contributed by atoms with Crippen molar-refractivity contribution in [2.75, 3.05) is 39.3 Å². The molecule has 2 aromatic rings. The van der Waals surface area contributed by atoms with Crippen LogP contribution >= 0.6 is 0 Å². The molecule has 27 heavy (non-hydrogen) atoms. The van der Waals surface area contributed by atoms with Crippen LogP contribution in [-0.4, -0.2) is 47.1 Å². The summed E-state index contributed by atoms with van der Waals surface area (Å²) in [5.41, 5.74) is 0.965. The van der Waals surface area contributed by atoms with E-state index in [4.69, 9.17) is 9.47 Å². The Morgan fingerprint density at radius 3 is 2.26 bits per heavy atom. The zero-order valence-electron chi connectivity index (χ0n) is 16.5. The van der Waals surface area contributed by atoms with E-state index in [0.29, 0.717) is 31.1 Å². The van der Waals surface area contributed by atoms with Gasteiger partial charge >= 0.3 is 0 Å². The molecular weight excluding hydrogens is 366 g/mol. The van der Waals surface area contributed by atoms with Crippen LogP contribution in [0.25, 0.3) is 0 Å². The van der Waals surface area contributed by atoms with Crippen molar-refractivity contribution in [2.24, 2.45) is 0 Å². The average Bonchev–Trinajstić information content (AvgIpc) is 2.68. The molecule has 2 rings (SSSR count). The van der Waals surface area contributed by atoms with Crippen LogP contribution in [0.4, 0.5) is 5.82 Å². The molecule has 8 heteroatoms. The highest BCUT2D eigenvalue weighted by Crippen LogP contribution is 2.31. The summed E-state index contributed by atoms with van der Waals surface area (Å²) in [5.74, 6) is 2.15. The van der Waals surface area contributed by atoms with Gasteiger partial charge in [0, 0.05) is 24.7 Å². The molecule has 0 radical (unpaired) electrons. The monoisotopic (exact) mass is 394 g/mol. The predicted octanol–water partition coefficient (Wildman–Crippen LogP) is 2.18. The largest absolute Gasteiger partial charge is 0.493 e. The van der Waals surface area contributed by atoms with Gasteiger partial charge in [0.2, 0.25) is 10.0 Å². The van der Waals surface area contributed by atoms with Gasteiger partial charge in [0.25, 0.3) is 5.82 Å². The van der Waals surface area contributed by atoms with E-state index in [1.54, 1.807) is 26.4 Å². The molecule has 0 aliphatic carbocycles. The number of rotatable bonds is 9. The molecule has 1 aromatic heterocycles. The van der Waals surface area contributed by atoms with E-state index in [1.165, 1.54) is 10.5 Å². The Morgan fingerprint density at radius 2 is 1.74 bits per heavy atom. The number of hydrogen-bond donors (Lipinski definition) is 0. The van der Waals surface area contributed by atoms with Crippen LogP contribution in [0.2, 0.25) is 0 Å². The highest BCUT2D eigenvalue weighted by Gasteiger charge is 2.24. The van der Waals surface area contributed by atoms with Gasteiger partial charge in [0.15, 0.2) is 11.5 Å². The minimum Gasteiger partial charge on any atom is -0.493 e. The molecule has 0 aliphatic heterocycles. The molecule has 0 spiro atoms. The summed E-state index contributed by atoms with van der Waals surface area (Å²) in [7, 11) is 1.66. The van der Waals surface area contributed by atoms with Gasteiger partial charge in [0.05, 0.1) is 21.3 Å². The fourth-order valence-corrected chi connectivity index (χ4v) is 4.36. The Kier molecular flexibility index (Phi) is 7.04. The van der Waals surface area contributed by atoms with Gasteiger partial charge in [-0.1, -0.05) is 26.0 Å². The first-order chi connectivity index (χ1) is 12.9. The minimum absolute atomic E-state index is 0.252. The molecule has 0 atom stereocenters. The summed E-state index contributed by atoms with van der Waals surface area (Å²) in [6.07, 6.45) is 1.53. The quantitative estimate of drug-likeness (QED) is 0.652. The van der Waals surface area contributed by atoms with Crippen molar-refractivity contribution >= 4 is 15.8 Å². The molecule has 1 aromatic carbocycles. The number of sulfonamides is 1. The average molecular weight is 395 g/mol. The highest BCUT2D eigenvalue weighted by atomic mass is 32.2. The SMILES string of the molecule is CCN(CC)S(=O)(=O)c1ccc(N(C)Cc2cccc(OC)c2OC)[nH+]c1. The standard InChI is InChI=1S/C19H27N3O4S/c1-6-22(7-2)27(23,24)16-11-12-18(20-13-16)21(3)14-15-9-8-10-17(25-4)19(15)26-5/h8-13H,6-7,14H2,1-5H3/p+1. The van der Waals surface area contributed by atoms with Gasteiger partial charge in [-0.3, -0.25) is 4.90 Å². The van der Waals surface area contributed by atoms with Gasteiger partial charge in [0.1, 0.15) is 17.6 Å². The number of hydrogen-bond acceptors (Lipinski definition) is 5. The number of ether oxygens (including phenoxy) is 2. The Morgan fingerprint density at radius 1 is 1.04 bits per heavy atom. The lowest BCUT2D eigenvalue weighted by atomic mass is 10.1. The fourth-order valence-electron chi connectivity index (χ4n) is 2.93. The number of methoxy groups -OCH3 is 2. The van der Waals surface area contributed by atoms with E-state index >= 15 is 0 Å². The van der Waals surface area contributed by atoms with Gasteiger partial charge < -0.3 is 9.47 Å². The third kappa shape index (κ3) is 4.51. The van der Waals surface area contributed by atoms with Gasteiger partial charge in [-0.25, -0.2) is 13.4 Å². The topological polar surface area (TPSA) is 73.2 Å². The summed E-state index contributed by atoms with van der Waals surface area (Å²) in [5, 5.41) is 0. The van der Waals surface area contributed by atoms with Crippen molar-refractivity contribution in [1.29, 1.82) is 0 Å². The van der Waals surface area contributed by atoms with Gasteiger partial charge in [-0.15, -0.1) is 0 Å². The van der Waals surface area contributed by atoms with Crippen molar-refractivity contribution in [1.82, 2.24) is 4.31 Å². The first kappa shape index (κ1) is 21.0. The van der Waals surface area contributed by atoms with Gasteiger partial charge in [-0.05, 0) is 12.1 Å². The smallest absolute Gasteiger partial charge is 0.274 e. The lowest BCUT2D eigenvalue weighted by Gasteiger charge is -2.18. The number of pyridine rings is 1. The molecule has 0 aliphatic rings. The molecule has 0 fully saturated rings. The van der Waals surface area contributed by atoms with Crippen LogP contribution in [-0.2, 0) is 16.6 Å². The molecule has 148 valence electrons. The Bertz CT molecular complexity index is 850. The maximum Gasteiger partial charge on any atom is 0.274 e. The van der Waals surface area contributed by atoms with Crippen LogP contribution in [0.5, 0.6) is 11.5 Å². The molecule has 0 amide bonds. The molecule has 1 heterocycles. The number of nitrogens with zero attached hydrogens (tertiary/aromatic N) is 2. The second-order valence-corrected chi connectivity index (χ2v) is 7.95. The number of anilines is 1. The Balaban J connectivity index is 2.23. The fraction of sp³-hybridized carbons (Fsp3) is 0.421. The van der Waals surface area contributed by atoms with Crippen LogP contribution < -0.4 is 19.4 Å². The van der Waals surface area contributed by atoms with Crippen molar-refractivity contribution < 1.29 is 22.9 Å². The van der Waals surface area contributed by atoms with Crippen LogP contribution in [0, 0.1) is 0 Å². The zero-order valence-corrected chi connectivity index (χ0v) is 17.3. The molecule has 0 saturated heterocycles. The minimum atomic E-state index is -3.48. The summed E-state index contributed by atoms with van der Waals surface area (Å²) in [6.45, 7) is 5.11. The number of nitrogens with one attached hydrogen (secondary N) is 1. The van der Waals surface area contributed by atoms with E-state index in [2.05, 4.69) is 4.98 Å². The third-order valence-corrected chi connectivity index (χ3v) is 6.46. The Hall–Kier alpha value is -2.32. The van der Waals surface area contributed by atoms with E-state index in [1.807, 2.05) is 44.0 Å². The van der Waals surface area contributed by atoms with Crippen molar-refractivity contribution in [3.05, 3.63) is 42.1 Å². The van der Waals surface area contributed by atoms with Crippen molar-refractivity contribution in [3.63, 3.8) is 0 Å². The van der Waals surface area contributed by atoms with Gasteiger partial charge in [-0.2, -0.15) is 4.31 Å². The number of aromatic amines is 1. The van der Waals surface area contributed by atoms with Crippen LogP contribution in [0.3, 0.4) is 0 Å². The number of aromatic nitrogens is 1. The second-order valence-electron chi connectivity index (χ2n) is 6.01. The lowest BCUT2D eigenvalue weighted by Crippen LogP contribution is -2.32. The molecule has 1 N–H and O–H groups in total. The van der Waals surface area contributed by atoms with Crippen LogP contribution in [0.15, 0.2) is 41.4 Å². The van der Waals surface area contributed by atoms with E-state index in [0.717, 1.165) is 11.4 Å². The Labute approximate surface area is 161 Å². The maximum atomic E-state index is 12.6. The molecular formula is C19H28N3O4S+. The molecule has 0 unspecified atom stereocenters. The third-order valence-electron chi connectivity index (χ3n) is 4.41. The zero-order chi connectivity index (χ0) is 20.0. The first-order valence-electron chi connectivity index (χ1n) is 8.81. The summed E-state index contributed by atoms with van der Waals surface area (Å²) in [4.78, 5) is 5.31. The normalized spacial score (nSPS) is 11.5. The molecule has 0 bridgehead atoms. The summed E-state index contributed by atoms with van der Waals surface area (Å²) >= 11 is 0. The molecule has 0 saturated carbocycles. The van der Waals surface area contributed by atoms with Crippen molar-refractivity contribution in [2.45, 2.75) is 25.3 Å². The maximum absolute atomic E-state index is 12.6. The lowest BCUT2D eigenvalue weighted by molar-refractivity contribution is -0.367. The number of H-pyrrole nitrogens is 1. The number of benzene rings is 1. The van der Waals surface area contributed by atoms with E-state index in [-0.39, 0.29) is 4.90 Å². The van der Waals surface area contributed by atoms with Crippen LogP contribution in [0.1, 0.15) is 19.4 Å². The molecule has 7 nitrogen and oxygen atoms in total. The highest BCUT2D eigenvalue weighted by molar-refractivity contribution is 7.89. The van der Waals surface area contributed by atoms with E-state index in [9.17, 15) is 8.42 Å². The van der Waals surface area contributed by atoms with Crippen molar-refractivity contribution in [3.8, 4) is 11.5 Å². The first-order valence-corrected chi connectivity index (χ1v) is 10.3.